The summed E-state index contributed by atoms with van der Waals surface area (Å²) in [6.07, 6.45) is 0.766. The van der Waals surface area contributed by atoms with Crippen molar-refractivity contribution in [3.63, 3.8) is 0 Å². The SMILES string of the molecule is CCC(c1ccccc1)N(C1=C(Cl)C(=O)C1(Cl)Cl)c1ccc(OC)cc1. The van der Waals surface area contributed by atoms with Crippen molar-refractivity contribution in [2.24, 2.45) is 0 Å². The van der Waals surface area contributed by atoms with Crippen LogP contribution >= 0.6 is 34.8 Å². The van der Waals surface area contributed by atoms with Crippen LogP contribution in [0.1, 0.15) is 24.9 Å². The Labute approximate surface area is 168 Å². The normalized spacial score (nSPS) is 16.9. The van der Waals surface area contributed by atoms with Crippen LogP contribution < -0.4 is 9.64 Å². The number of rotatable bonds is 6. The van der Waals surface area contributed by atoms with Gasteiger partial charge in [0.05, 0.1) is 18.8 Å². The van der Waals surface area contributed by atoms with Crippen LogP contribution in [-0.2, 0) is 4.79 Å². The predicted octanol–water partition coefficient (Wildman–Crippen LogP) is 5.86. The van der Waals surface area contributed by atoms with Gasteiger partial charge in [-0.05, 0) is 36.2 Å². The number of Topliss-reactive ketones (excluding diaryl/α,β-unsaturated/α-hetero) is 1. The Morgan fingerprint density at radius 1 is 1.08 bits per heavy atom. The first-order valence-corrected chi connectivity index (χ1v) is 9.36. The summed E-state index contributed by atoms with van der Waals surface area (Å²) in [4.78, 5) is 14.0. The molecule has 0 amide bonds. The molecule has 0 saturated carbocycles. The number of hydrogen-bond donors (Lipinski definition) is 0. The van der Waals surface area contributed by atoms with Crippen LogP contribution in [0.3, 0.4) is 0 Å². The summed E-state index contributed by atoms with van der Waals surface area (Å²) >= 11 is 18.9. The Morgan fingerprint density at radius 2 is 1.69 bits per heavy atom. The lowest BCUT2D eigenvalue weighted by Crippen LogP contribution is -2.49. The van der Waals surface area contributed by atoms with Crippen molar-refractivity contribution in [2.45, 2.75) is 23.7 Å². The third kappa shape index (κ3) is 3.20. The number of carbonyl (C=O) groups is 1. The van der Waals surface area contributed by atoms with E-state index in [9.17, 15) is 4.79 Å². The molecule has 1 aliphatic carbocycles. The zero-order valence-electron chi connectivity index (χ0n) is 14.4. The molecule has 0 fully saturated rings. The minimum absolute atomic E-state index is 0.0696. The van der Waals surface area contributed by atoms with E-state index in [1.807, 2.05) is 59.5 Å². The molecule has 2 aromatic carbocycles. The number of allylic oxidation sites excluding steroid dienone is 2. The first-order chi connectivity index (χ1) is 12.4. The molecule has 0 aliphatic heterocycles. The summed E-state index contributed by atoms with van der Waals surface area (Å²) in [5.41, 5.74) is 2.31. The van der Waals surface area contributed by atoms with Crippen molar-refractivity contribution >= 4 is 46.3 Å². The van der Waals surface area contributed by atoms with Gasteiger partial charge in [-0.3, -0.25) is 4.79 Å². The van der Waals surface area contributed by atoms with E-state index in [0.29, 0.717) is 5.70 Å². The van der Waals surface area contributed by atoms with Crippen LogP contribution in [0.25, 0.3) is 0 Å². The average Bonchev–Trinajstić information content (AvgIpc) is 2.68. The lowest BCUT2D eigenvalue weighted by atomic mass is 9.94. The second-order valence-electron chi connectivity index (χ2n) is 5.97. The van der Waals surface area contributed by atoms with Gasteiger partial charge in [0.25, 0.3) is 0 Å². The molecule has 0 heterocycles. The smallest absolute Gasteiger partial charge is 0.222 e. The third-order valence-corrected chi connectivity index (χ3v) is 5.52. The van der Waals surface area contributed by atoms with Crippen molar-refractivity contribution in [3.8, 4) is 5.75 Å². The minimum Gasteiger partial charge on any atom is -0.497 e. The van der Waals surface area contributed by atoms with E-state index in [-0.39, 0.29) is 11.1 Å². The number of ketones is 1. The Bertz CT molecular complexity index is 832. The molecule has 2 aromatic rings. The molecule has 1 unspecified atom stereocenters. The van der Waals surface area contributed by atoms with Crippen LogP contribution in [0, 0.1) is 0 Å². The molecular weight excluding hydrogens is 393 g/mol. The lowest BCUT2D eigenvalue weighted by Gasteiger charge is -2.44. The zero-order valence-corrected chi connectivity index (χ0v) is 16.6. The monoisotopic (exact) mass is 409 g/mol. The van der Waals surface area contributed by atoms with Crippen LogP contribution in [0.15, 0.2) is 65.3 Å². The van der Waals surface area contributed by atoms with Gasteiger partial charge in [0, 0.05) is 5.69 Å². The van der Waals surface area contributed by atoms with Crippen LogP contribution in [0.2, 0.25) is 0 Å². The number of methoxy groups -OCH3 is 1. The zero-order chi connectivity index (χ0) is 18.9. The number of benzene rings is 2. The number of halogens is 3. The van der Waals surface area contributed by atoms with Crippen molar-refractivity contribution in [3.05, 3.63) is 70.9 Å². The Hall–Kier alpha value is -1.68. The van der Waals surface area contributed by atoms with E-state index in [1.165, 1.54) is 0 Å². The minimum atomic E-state index is -1.65. The second kappa shape index (κ2) is 7.51. The van der Waals surface area contributed by atoms with Crippen LogP contribution in [0.4, 0.5) is 5.69 Å². The number of nitrogens with zero attached hydrogens (tertiary/aromatic N) is 1. The van der Waals surface area contributed by atoms with Gasteiger partial charge >= 0.3 is 0 Å². The number of anilines is 1. The van der Waals surface area contributed by atoms with Crippen molar-refractivity contribution in [1.82, 2.24) is 0 Å². The molecular formula is C20H18Cl3NO2. The molecule has 1 atom stereocenters. The van der Waals surface area contributed by atoms with E-state index < -0.39 is 10.1 Å². The molecule has 0 radical (unpaired) electrons. The quantitative estimate of drug-likeness (QED) is 0.559. The molecule has 0 saturated heterocycles. The van der Waals surface area contributed by atoms with Crippen molar-refractivity contribution in [1.29, 1.82) is 0 Å². The third-order valence-electron chi connectivity index (χ3n) is 4.46. The molecule has 3 nitrogen and oxygen atoms in total. The number of alkyl halides is 2. The number of carbonyl (C=O) groups excluding carboxylic acids is 1. The number of ether oxygens (including phenoxy) is 1. The Kier molecular flexibility index (Phi) is 5.52. The summed E-state index contributed by atoms with van der Waals surface area (Å²) < 4.78 is 3.58. The van der Waals surface area contributed by atoms with Gasteiger partial charge in [0.2, 0.25) is 10.1 Å². The fourth-order valence-corrected chi connectivity index (χ4v) is 4.26. The Morgan fingerprint density at radius 3 is 2.19 bits per heavy atom. The fraction of sp³-hybridized carbons (Fsp3) is 0.250. The molecule has 26 heavy (non-hydrogen) atoms. The molecule has 136 valence electrons. The molecule has 0 N–H and O–H groups in total. The Balaban J connectivity index is 2.14. The van der Waals surface area contributed by atoms with Crippen LogP contribution in [-0.4, -0.2) is 17.2 Å². The van der Waals surface area contributed by atoms with E-state index in [4.69, 9.17) is 39.5 Å². The van der Waals surface area contributed by atoms with Gasteiger partial charge in [-0.2, -0.15) is 0 Å². The molecule has 3 rings (SSSR count). The number of hydrogen-bond acceptors (Lipinski definition) is 3. The second-order valence-corrected chi connectivity index (χ2v) is 7.67. The molecule has 0 aromatic heterocycles. The first-order valence-electron chi connectivity index (χ1n) is 8.22. The van der Waals surface area contributed by atoms with Gasteiger partial charge in [-0.15, -0.1) is 0 Å². The van der Waals surface area contributed by atoms with Gasteiger partial charge in [0.15, 0.2) is 0 Å². The fourth-order valence-electron chi connectivity index (χ4n) is 3.14. The van der Waals surface area contributed by atoms with Gasteiger partial charge in [-0.1, -0.05) is 72.1 Å². The van der Waals surface area contributed by atoms with E-state index in [1.54, 1.807) is 7.11 Å². The van der Waals surface area contributed by atoms with Crippen molar-refractivity contribution in [2.75, 3.05) is 12.0 Å². The highest BCUT2D eigenvalue weighted by Crippen LogP contribution is 2.51. The predicted molar refractivity (Wildman–Crippen MR) is 107 cm³/mol. The topological polar surface area (TPSA) is 29.5 Å². The standard InChI is InChI=1S/C20H18Cl3NO2/c1-3-16(13-7-5-4-6-8-13)24(14-9-11-15(26-2)12-10-14)18-17(21)19(25)20(18,22)23/h4-12,16H,3H2,1-2H3. The summed E-state index contributed by atoms with van der Waals surface area (Å²) in [7, 11) is 1.61. The van der Waals surface area contributed by atoms with Gasteiger partial charge in [-0.25, -0.2) is 0 Å². The summed E-state index contributed by atoms with van der Waals surface area (Å²) in [6.45, 7) is 2.06. The highest BCUT2D eigenvalue weighted by atomic mass is 35.5. The van der Waals surface area contributed by atoms with Crippen LogP contribution in [0.5, 0.6) is 5.75 Å². The largest absolute Gasteiger partial charge is 0.497 e. The lowest BCUT2D eigenvalue weighted by molar-refractivity contribution is -0.116. The molecule has 0 bridgehead atoms. The highest BCUT2D eigenvalue weighted by molar-refractivity contribution is 6.70. The van der Waals surface area contributed by atoms with E-state index >= 15 is 0 Å². The average molecular weight is 411 g/mol. The summed E-state index contributed by atoms with van der Waals surface area (Å²) in [5.74, 6) is 0.258. The highest BCUT2D eigenvalue weighted by Gasteiger charge is 2.55. The van der Waals surface area contributed by atoms with Gasteiger partial charge < -0.3 is 9.64 Å². The first kappa shape index (κ1) is 19.1. The summed E-state index contributed by atoms with van der Waals surface area (Å²) in [6, 6.07) is 17.4. The van der Waals surface area contributed by atoms with Crippen molar-refractivity contribution < 1.29 is 9.53 Å². The molecule has 1 aliphatic rings. The molecule has 6 heteroatoms. The molecule has 0 spiro atoms. The van der Waals surface area contributed by atoms with E-state index in [0.717, 1.165) is 23.4 Å². The van der Waals surface area contributed by atoms with E-state index in [2.05, 4.69) is 6.92 Å². The van der Waals surface area contributed by atoms with Gasteiger partial charge in [0.1, 0.15) is 10.8 Å². The maximum atomic E-state index is 12.1. The maximum Gasteiger partial charge on any atom is 0.222 e. The maximum absolute atomic E-state index is 12.1. The summed E-state index contributed by atoms with van der Waals surface area (Å²) in [5, 5.41) is 0.0696.